The lowest BCUT2D eigenvalue weighted by Gasteiger charge is -2.64. The number of nitro groups is 1. The summed E-state index contributed by atoms with van der Waals surface area (Å²) < 4.78 is 13.1. The van der Waals surface area contributed by atoms with E-state index in [-0.39, 0.29) is 49.3 Å². The van der Waals surface area contributed by atoms with Crippen molar-refractivity contribution in [1.29, 1.82) is 0 Å². The van der Waals surface area contributed by atoms with Gasteiger partial charge in [-0.05, 0) is 62.2 Å². The van der Waals surface area contributed by atoms with Crippen molar-refractivity contribution in [3.8, 4) is 0 Å². The summed E-state index contributed by atoms with van der Waals surface area (Å²) in [4.78, 5) is 51.5. The number of carbonyl (C=O) groups excluding carboxylic acids is 3. The Morgan fingerprint density at radius 1 is 1.17 bits per heavy atom. The van der Waals surface area contributed by atoms with E-state index in [1.807, 2.05) is 0 Å². The monoisotopic (exact) mass is 580 g/mol. The molecule has 4 fully saturated rings. The molecule has 4 aliphatic rings. The van der Waals surface area contributed by atoms with E-state index < -0.39 is 47.6 Å². The van der Waals surface area contributed by atoms with E-state index in [0.29, 0.717) is 24.7 Å². The first-order chi connectivity index (χ1) is 19.1. The van der Waals surface area contributed by atoms with Crippen LogP contribution >= 0.6 is 0 Å². The Morgan fingerprint density at radius 2 is 1.88 bits per heavy atom. The molecule has 0 aromatic carbocycles. The molecule has 1 heterocycles. The maximum absolute atomic E-state index is 13.6. The van der Waals surface area contributed by atoms with Crippen LogP contribution in [0.5, 0.6) is 0 Å². The van der Waals surface area contributed by atoms with Gasteiger partial charge in [-0.25, -0.2) is 19.9 Å². The number of urea groups is 1. The van der Waals surface area contributed by atoms with Gasteiger partial charge in [0.05, 0.1) is 17.6 Å². The lowest BCUT2D eigenvalue weighted by molar-refractivity contribution is -0.525. The highest BCUT2D eigenvalue weighted by Crippen LogP contribution is 2.65. The molecular weight excluding hydrogens is 535 g/mol. The van der Waals surface area contributed by atoms with Crippen molar-refractivity contribution in [2.45, 2.75) is 96.8 Å². The van der Waals surface area contributed by atoms with Crippen LogP contribution in [0.25, 0.3) is 0 Å². The third kappa shape index (κ3) is 8.00. The number of hydrogen-bond donors (Lipinski definition) is 6. The zero-order chi connectivity index (χ0) is 30.5. The average Bonchev–Trinajstić information content (AvgIpc) is 3.21. The maximum Gasteiger partial charge on any atom is 0.481 e. The van der Waals surface area contributed by atoms with Crippen molar-refractivity contribution >= 4 is 30.9 Å². The summed E-state index contributed by atoms with van der Waals surface area (Å²) in [5.41, 5.74) is 12.0. The minimum absolute atomic E-state index is 0.0150. The third-order valence-corrected chi connectivity index (χ3v) is 8.79. The Morgan fingerprint density at radius 3 is 2.49 bits per heavy atom. The fraction of sp³-hybridized carbons (Fsp3) is 0.840. The summed E-state index contributed by atoms with van der Waals surface area (Å²) >= 11 is 0. The molecule has 3 saturated carbocycles. The fourth-order valence-corrected chi connectivity index (χ4v) is 6.56. The SMILES string of the molecule is CC(C)C[C@H](NC(=O)[C@H](CCCN=C(N)N[N+](=O)[O-])NC(=O)CCNC(N)=O)B1O[C@@H]2C[C@H]3C[C@H](C3(C)C)[C@]2(C)O1. The van der Waals surface area contributed by atoms with Crippen molar-refractivity contribution < 1.29 is 28.7 Å². The van der Waals surface area contributed by atoms with Gasteiger partial charge in [0.1, 0.15) is 6.04 Å². The molecule has 16 heteroatoms. The normalized spacial score (nSPS) is 27.7. The second-order valence-corrected chi connectivity index (χ2v) is 12.5. The van der Waals surface area contributed by atoms with Gasteiger partial charge in [0.2, 0.25) is 11.8 Å². The summed E-state index contributed by atoms with van der Waals surface area (Å²) in [5, 5.41) is 17.8. The van der Waals surface area contributed by atoms with Gasteiger partial charge in [-0.15, -0.1) is 0 Å². The van der Waals surface area contributed by atoms with Crippen LogP contribution in [0.15, 0.2) is 4.99 Å². The number of hydrazine groups is 1. The second kappa shape index (κ2) is 13.2. The predicted octanol–water partition coefficient (Wildman–Crippen LogP) is 0.204. The average molecular weight is 580 g/mol. The van der Waals surface area contributed by atoms with E-state index in [4.69, 9.17) is 20.8 Å². The molecule has 8 N–H and O–H groups in total. The van der Waals surface area contributed by atoms with Crippen LogP contribution in [0.4, 0.5) is 4.79 Å². The molecule has 0 aromatic heterocycles. The molecular formula is C25H45BN8O7. The van der Waals surface area contributed by atoms with E-state index in [0.717, 1.165) is 12.8 Å². The minimum Gasteiger partial charge on any atom is -0.404 e. The Balaban J connectivity index is 1.68. The number of hydrogen-bond acceptors (Lipinski definition) is 8. The number of nitrogens with one attached hydrogen (secondary N) is 4. The first-order valence-corrected chi connectivity index (χ1v) is 14.3. The van der Waals surface area contributed by atoms with Crippen molar-refractivity contribution in [3.05, 3.63) is 10.1 Å². The molecule has 4 amide bonds. The number of primary amides is 1. The molecule has 6 atom stereocenters. The lowest BCUT2D eigenvalue weighted by Crippen LogP contribution is -2.65. The first-order valence-electron chi connectivity index (χ1n) is 14.3. The highest BCUT2D eigenvalue weighted by molar-refractivity contribution is 6.48. The van der Waals surface area contributed by atoms with Gasteiger partial charge in [-0.2, -0.15) is 0 Å². The van der Waals surface area contributed by atoms with Crippen LogP contribution in [-0.2, 0) is 18.9 Å². The third-order valence-electron chi connectivity index (χ3n) is 8.79. The van der Waals surface area contributed by atoms with Gasteiger partial charge < -0.3 is 36.7 Å². The first kappa shape index (κ1) is 32.4. The molecule has 0 radical (unpaired) electrons. The van der Waals surface area contributed by atoms with E-state index in [1.165, 1.54) is 0 Å². The van der Waals surface area contributed by atoms with Crippen LogP contribution in [0, 0.1) is 33.3 Å². The summed E-state index contributed by atoms with van der Waals surface area (Å²) in [6, 6.07) is -1.69. The standard InChI is InChI=1S/C25H45BN8O7/c1-14(2)11-19(26-40-18-13-15-12-17(24(15,3)4)25(18,5)41-26)32-21(36)16(31-20(35)8-10-30-23(28)37)7-6-9-29-22(27)33-34(38)39/h14-19H,6-13H2,1-5H3,(H,31,35)(H,32,36)(H3,27,29,33)(H3,28,30,37)/t15-,16+,17-,18-,19+,25+/m1/s1. The number of carbonyl (C=O) groups is 3. The van der Waals surface area contributed by atoms with Crippen molar-refractivity contribution in [2.75, 3.05) is 13.1 Å². The van der Waals surface area contributed by atoms with Crippen molar-refractivity contribution in [2.24, 2.45) is 39.6 Å². The summed E-state index contributed by atoms with van der Waals surface area (Å²) in [5.74, 6) is -0.479. The molecule has 4 rings (SSSR count). The van der Waals surface area contributed by atoms with Crippen LogP contribution in [-0.4, -0.2) is 72.7 Å². The highest BCUT2D eigenvalue weighted by Gasteiger charge is 2.68. The quantitative estimate of drug-likeness (QED) is 0.0411. The molecule has 1 aliphatic heterocycles. The van der Waals surface area contributed by atoms with Gasteiger partial charge >= 0.3 is 13.1 Å². The van der Waals surface area contributed by atoms with Crippen LogP contribution in [0.2, 0.25) is 0 Å². The fourth-order valence-electron chi connectivity index (χ4n) is 6.56. The molecule has 0 spiro atoms. The molecule has 0 aromatic rings. The van der Waals surface area contributed by atoms with Crippen LogP contribution in [0.3, 0.4) is 0 Å². The Hall–Kier alpha value is -3.14. The van der Waals surface area contributed by atoms with Gasteiger partial charge in [0.15, 0.2) is 5.03 Å². The lowest BCUT2D eigenvalue weighted by atomic mass is 9.43. The number of rotatable bonds is 14. The topological polar surface area (TPSA) is 225 Å². The highest BCUT2D eigenvalue weighted by atomic mass is 16.7. The van der Waals surface area contributed by atoms with E-state index >= 15 is 0 Å². The van der Waals surface area contributed by atoms with Gasteiger partial charge in [-0.1, -0.05) is 33.1 Å². The van der Waals surface area contributed by atoms with E-state index in [1.54, 1.807) is 5.43 Å². The minimum atomic E-state index is -0.934. The number of nitrogens with two attached hydrogens (primary N) is 2. The number of guanidine groups is 1. The molecule has 41 heavy (non-hydrogen) atoms. The molecule has 3 aliphatic carbocycles. The summed E-state index contributed by atoms with van der Waals surface area (Å²) in [6.07, 6.45) is 3.02. The maximum atomic E-state index is 13.6. The Bertz CT molecular complexity index is 1030. The van der Waals surface area contributed by atoms with Crippen molar-refractivity contribution in [3.63, 3.8) is 0 Å². The Labute approximate surface area is 240 Å². The van der Waals surface area contributed by atoms with Crippen LogP contribution in [0.1, 0.15) is 73.1 Å². The van der Waals surface area contributed by atoms with Crippen LogP contribution < -0.4 is 32.8 Å². The van der Waals surface area contributed by atoms with Crippen molar-refractivity contribution in [1.82, 2.24) is 21.4 Å². The molecule has 2 bridgehead atoms. The van der Waals surface area contributed by atoms with Gasteiger partial charge in [-0.3, -0.25) is 9.59 Å². The molecule has 0 unspecified atom stereocenters. The largest absolute Gasteiger partial charge is 0.481 e. The van der Waals surface area contributed by atoms with E-state index in [2.05, 4.69) is 55.6 Å². The number of nitrogens with zero attached hydrogens (tertiary/aromatic N) is 2. The van der Waals surface area contributed by atoms with Gasteiger partial charge in [0, 0.05) is 19.5 Å². The zero-order valence-electron chi connectivity index (χ0n) is 24.6. The van der Waals surface area contributed by atoms with Gasteiger partial charge in [0.25, 0.3) is 5.96 Å². The second-order valence-electron chi connectivity index (χ2n) is 12.5. The molecule has 15 nitrogen and oxygen atoms in total. The number of amides is 4. The zero-order valence-corrected chi connectivity index (χ0v) is 24.6. The summed E-state index contributed by atoms with van der Waals surface area (Å²) in [6.45, 7) is 10.9. The Kier molecular flexibility index (Phi) is 10.4. The summed E-state index contributed by atoms with van der Waals surface area (Å²) in [7, 11) is -0.625. The molecule has 1 saturated heterocycles. The molecule has 230 valence electrons. The van der Waals surface area contributed by atoms with E-state index in [9.17, 15) is 24.5 Å². The number of aliphatic imine (C=N–C) groups is 1. The smallest absolute Gasteiger partial charge is 0.404 e. The predicted molar refractivity (Wildman–Crippen MR) is 151 cm³/mol.